The van der Waals surface area contributed by atoms with Gasteiger partial charge in [0.25, 0.3) is 17.3 Å². The van der Waals surface area contributed by atoms with Gasteiger partial charge < -0.3 is 19.5 Å². The van der Waals surface area contributed by atoms with Crippen LogP contribution in [-0.2, 0) is 4.74 Å². The summed E-state index contributed by atoms with van der Waals surface area (Å²) in [6.45, 7) is 1.80. The number of rotatable bonds is 7. The smallest absolute Gasteiger partial charge is 0.341 e. The fourth-order valence-corrected chi connectivity index (χ4v) is 4.38. The molecule has 12 nitrogen and oxygen atoms in total. The third kappa shape index (κ3) is 4.89. The number of ether oxygens (including phenoxy) is 3. The van der Waals surface area contributed by atoms with Gasteiger partial charge in [-0.2, -0.15) is 0 Å². The molecule has 3 aromatic rings. The van der Waals surface area contributed by atoms with Crippen molar-refractivity contribution in [3.8, 4) is 11.5 Å². The predicted octanol–water partition coefficient (Wildman–Crippen LogP) is 4.51. The number of hydrogen-bond donors (Lipinski definition) is 1. The first-order valence-electron chi connectivity index (χ1n) is 10.2. The quantitative estimate of drug-likeness (QED) is 0.280. The van der Waals surface area contributed by atoms with E-state index in [4.69, 9.17) is 14.2 Å². The molecule has 0 saturated carbocycles. The second-order valence-electron chi connectivity index (χ2n) is 7.19. The zero-order valence-electron chi connectivity index (χ0n) is 18.1. The topological polar surface area (TPSA) is 160 Å². The summed E-state index contributed by atoms with van der Waals surface area (Å²) in [7, 11) is 0. The maximum Gasteiger partial charge on any atom is 0.341 e. The molecule has 0 spiro atoms. The maximum atomic E-state index is 12.9. The minimum atomic E-state index is -0.873. The van der Waals surface area contributed by atoms with Crippen molar-refractivity contribution in [1.29, 1.82) is 0 Å². The summed E-state index contributed by atoms with van der Waals surface area (Å²) in [4.78, 5) is 46.3. The second-order valence-corrected chi connectivity index (χ2v) is 8.07. The third-order valence-corrected chi connectivity index (χ3v) is 5.88. The molecule has 0 unspecified atom stereocenters. The fourth-order valence-electron chi connectivity index (χ4n) is 3.40. The fraction of sp³-hybridized carbons (Fsp3) is 0.182. The first-order chi connectivity index (χ1) is 16.8. The molecule has 0 fully saturated rings. The van der Waals surface area contributed by atoms with Crippen LogP contribution in [-0.4, -0.2) is 34.9 Å². The summed E-state index contributed by atoms with van der Waals surface area (Å²) < 4.78 is 16.9. The number of nitrogens with zero attached hydrogens (tertiary/aromatic N) is 2. The van der Waals surface area contributed by atoms with E-state index in [0.29, 0.717) is 17.1 Å². The van der Waals surface area contributed by atoms with Gasteiger partial charge in [0.1, 0.15) is 17.2 Å². The molecule has 0 saturated heterocycles. The summed E-state index contributed by atoms with van der Waals surface area (Å²) in [6, 6.07) is 9.61. The van der Waals surface area contributed by atoms with Gasteiger partial charge in [-0.05, 0) is 19.1 Å². The lowest BCUT2D eigenvalue weighted by atomic mass is 10.1. The van der Waals surface area contributed by atoms with E-state index < -0.39 is 39.2 Å². The molecule has 2 aromatic carbocycles. The van der Waals surface area contributed by atoms with E-state index in [1.807, 2.05) is 0 Å². The molecule has 13 heteroatoms. The SMILES string of the molecule is CCOC(=O)c1c([C@H]2COc3ccccc3O2)csc1NC(=O)c1cc([N+](=O)[O-])cc([N+](=O)[O-])c1. The number of carbonyl (C=O) groups is 2. The van der Waals surface area contributed by atoms with Crippen molar-refractivity contribution in [3.63, 3.8) is 0 Å². The minimum Gasteiger partial charge on any atom is -0.485 e. The first-order valence-corrected chi connectivity index (χ1v) is 11.1. The largest absolute Gasteiger partial charge is 0.485 e. The summed E-state index contributed by atoms with van der Waals surface area (Å²) in [6.07, 6.45) is -0.676. The van der Waals surface area contributed by atoms with Crippen molar-refractivity contribution in [1.82, 2.24) is 0 Å². The molecule has 0 bridgehead atoms. The number of esters is 1. The summed E-state index contributed by atoms with van der Waals surface area (Å²) in [5, 5.41) is 26.5. The number of non-ortho nitro benzene ring substituents is 2. The van der Waals surface area contributed by atoms with E-state index in [2.05, 4.69) is 5.32 Å². The van der Waals surface area contributed by atoms with Crippen LogP contribution in [0.15, 0.2) is 47.8 Å². The van der Waals surface area contributed by atoms with Crippen molar-refractivity contribution < 1.29 is 33.6 Å². The van der Waals surface area contributed by atoms with Gasteiger partial charge in [0.05, 0.1) is 28.1 Å². The molecule has 1 aromatic heterocycles. The molecule has 2 heterocycles. The molecule has 180 valence electrons. The van der Waals surface area contributed by atoms with Gasteiger partial charge in [0.15, 0.2) is 17.6 Å². The highest BCUT2D eigenvalue weighted by atomic mass is 32.1. The van der Waals surface area contributed by atoms with Crippen LogP contribution >= 0.6 is 11.3 Å². The van der Waals surface area contributed by atoms with Crippen LogP contribution in [0.3, 0.4) is 0 Å². The Morgan fingerprint density at radius 1 is 1.11 bits per heavy atom. The molecular formula is C22H17N3O9S. The van der Waals surface area contributed by atoms with Crippen LogP contribution in [0.4, 0.5) is 16.4 Å². The van der Waals surface area contributed by atoms with Gasteiger partial charge in [-0.25, -0.2) is 4.79 Å². The number of nitrogens with one attached hydrogen (secondary N) is 1. The standard InChI is InChI=1S/C22H17N3O9S/c1-2-32-22(27)19-15(18-10-33-16-5-3-4-6-17(16)34-18)11-35-21(19)23-20(26)12-7-13(24(28)29)9-14(8-12)25(30)31/h3-9,11,18H,2,10H2,1H3,(H,23,26)/t18-/m1/s1. The number of nitro groups is 2. The second kappa shape index (κ2) is 9.77. The Morgan fingerprint density at radius 2 is 1.77 bits per heavy atom. The monoisotopic (exact) mass is 499 g/mol. The summed E-state index contributed by atoms with van der Waals surface area (Å²) in [5.74, 6) is -0.551. The van der Waals surface area contributed by atoms with Crippen LogP contribution in [0, 0.1) is 20.2 Å². The number of carbonyl (C=O) groups excluding carboxylic acids is 2. The molecule has 1 amide bonds. The molecule has 1 aliphatic heterocycles. The van der Waals surface area contributed by atoms with Crippen LogP contribution in [0.1, 0.15) is 39.3 Å². The van der Waals surface area contributed by atoms with Crippen molar-refractivity contribution in [3.05, 3.63) is 84.8 Å². The number of fused-ring (bicyclic) bond motifs is 1. The number of nitro benzene ring substituents is 2. The van der Waals surface area contributed by atoms with Gasteiger partial charge in [-0.1, -0.05) is 12.1 Å². The molecular weight excluding hydrogens is 482 g/mol. The highest BCUT2D eigenvalue weighted by molar-refractivity contribution is 7.15. The summed E-state index contributed by atoms with van der Waals surface area (Å²) >= 11 is 1.01. The Morgan fingerprint density at radius 3 is 2.40 bits per heavy atom. The maximum absolute atomic E-state index is 12.9. The lowest BCUT2D eigenvalue weighted by Gasteiger charge is -2.26. The van der Waals surface area contributed by atoms with E-state index in [-0.39, 0.29) is 29.3 Å². The number of hydrogen-bond acceptors (Lipinski definition) is 10. The van der Waals surface area contributed by atoms with Gasteiger partial charge >= 0.3 is 5.97 Å². The number of para-hydroxylation sites is 2. The molecule has 4 rings (SSSR count). The lowest BCUT2D eigenvalue weighted by Crippen LogP contribution is -2.24. The molecule has 35 heavy (non-hydrogen) atoms. The van der Waals surface area contributed by atoms with E-state index in [9.17, 15) is 29.8 Å². The molecule has 1 aliphatic rings. The minimum absolute atomic E-state index is 0.0399. The van der Waals surface area contributed by atoms with Crippen molar-refractivity contribution >= 4 is 39.6 Å². The molecule has 0 radical (unpaired) electrons. The number of thiophene rings is 1. The number of anilines is 1. The lowest BCUT2D eigenvalue weighted by molar-refractivity contribution is -0.394. The van der Waals surface area contributed by atoms with E-state index >= 15 is 0 Å². The van der Waals surface area contributed by atoms with Gasteiger partial charge in [-0.3, -0.25) is 25.0 Å². The molecule has 1 N–H and O–H groups in total. The van der Waals surface area contributed by atoms with Crippen LogP contribution in [0.2, 0.25) is 0 Å². The van der Waals surface area contributed by atoms with Crippen LogP contribution < -0.4 is 14.8 Å². The molecule has 1 atom stereocenters. The van der Waals surface area contributed by atoms with Crippen molar-refractivity contribution in [2.24, 2.45) is 0 Å². The Hall–Kier alpha value is -4.52. The van der Waals surface area contributed by atoms with Crippen LogP contribution in [0.5, 0.6) is 11.5 Å². The highest BCUT2D eigenvalue weighted by Crippen LogP contribution is 2.40. The third-order valence-electron chi connectivity index (χ3n) is 4.97. The summed E-state index contributed by atoms with van der Waals surface area (Å²) in [5.41, 5.74) is -1.09. The van der Waals surface area contributed by atoms with Gasteiger partial charge in [0, 0.05) is 23.1 Å². The van der Waals surface area contributed by atoms with E-state index in [1.165, 1.54) is 0 Å². The van der Waals surface area contributed by atoms with Crippen LogP contribution in [0.25, 0.3) is 0 Å². The van der Waals surface area contributed by atoms with Gasteiger partial charge in [-0.15, -0.1) is 11.3 Å². The average Bonchev–Trinajstić information content (AvgIpc) is 3.27. The number of amides is 1. The van der Waals surface area contributed by atoms with Gasteiger partial charge in [0.2, 0.25) is 0 Å². The van der Waals surface area contributed by atoms with Crippen molar-refractivity contribution in [2.75, 3.05) is 18.5 Å². The number of benzene rings is 2. The molecule has 0 aliphatic carbocycles. The Balaban J connectivity index is 1.67. The van der Waals surface area contributed by atoms with E-state index in [1.54, 1.807) is 36.6 Å². The highest BCUT2D eigenvalue weighted by Gasteiger charge is 2.31. The zero-order valence-corrected chi connectivity index (χ0v) is 18.9. The Bertz CT molecular complexity index is 1310. The first kappa shape index (κ1) is 23.6. The predicted molar refractivity (Wildman–Crippen MR) is 123 cm³/mol. The Labute approximate surface area is 201 Å². The van der Waals surface area contributed by atoms with E-state index in [0.717, 1.165) is 29.5 Å². The van der Waals surface area contributed by atoms with Crippen molar-refractivity contribution in [2.45, 2.75) is 13.0 Å². The normalized spacial score (nSPS) is 14.1. The zero-order chi connectivity index (χ0) is 25.1. The average molecular weight is 499 g/mol. The Kier molecular flexibility index (Phi) is 6.59.